The van der Waals surface area contributed by atoms with Crippen LogP contribution >= 0.6 is 0 Å². The molecular formula is C9H14N2O2. The summed E-state index contributed by atoms with van der Waals surface area (Å²) in [7, 11) is 0. The Kier molecular flexibility index (Phi) is 2.70. The van der Waals surface area contributed by atoms with Crippen LogP contribution in [0.1, 0.15) is 38.4 Å². The van der Waals surface area contributed by atoms with Crippen molar-refractivity contribution in [2.24, 2.45) is 0 Å². The number of carboxylic acids is 1. The van der Waals surface area contributed by atoms with E-state index in [-0.39, 0.29) is 0 Å². The van der Waals surface area contributed by atoms with Crippen LogP contribution in [0.5, 0.6) is 0 Å². The molecule has 0 aliphatic heterocycles. The van der Waals surface area contributed by atoms with Gasteiger partial charge in [-0.25, -0.2) is 4.98 Å². The molecule has 0 saturated carbocycles. The largest absolute Gasteiger partial charge is 0.481 e. The molecule has 0 aliphatic rings. The van der Waals surface area contributed by atoms with Crippen molar-refractivity contribution in [3.05, 3.63) is 18.2 Å². The lowest BCUT2D eigenvalue weighted by atomic mass is 10.1. The highest BCUT2D eigenvalue weighted by molar-refractivity contribution is 5.74. The van der Waals surface area contributed by atoms with Crippen molar-refractivity contribution < 1.29 is 9.90 Å². The molecule has 13 heavy (non-hydrogen) atoms. The molecule has 0 spiro atoms. The molecule has 72 valence electrons. The van der Waals surface area contributed by atoms with E-state index < -0.39 is 11.9 Å². The van der Waals surface area contributed by atoms with Crippen molar-refractivity contribution in [2.45, 2.75) is 32.7 Å². The molecule has 0 bridgehead atoms. The number of imidazole rings is 1. The molecular weight excluding hydrogens is 168 g/mol. The second-order valence-electron chi connectivity index (χ2n) is 3.40. The normalized spacial score (nSPS) is 13.2. The third kappa shape index (κ3) is 2.08. The Morgan fingerprint density at radius 3 is 2.54 bits per heavy atom. The van der Waals surface area contributed by atoms with Crippen LogP contribution in [0.25, 0.3) is 0 Å². The maximum Gasteiger partial charge on any atom is 0.312 e. The highest BCUT2D eigenvalue weighted by Gasteiger charge is 2.16. The van der Waals surface area contributed by atoms with E-state index in [1.165, 1.54) is 0 Å². The van der Waals surface area contributed by atoms with Crippen LogP contribution in [0.2, 0.25) is 0 Å². The van der Waals surface area contributed by atoms with Gasteiger partial charge in [0, 0.05) is 12.2 Å². The summed E-state index contributed by atoms with van der Waals surface area (Å²) in [5, 5.41) is 8.73. The van der Waals surface area contributed by atoms with Crippen molar-refractivity contribution in [1.82, 2.24) is 9.55 Å². The molecule has 0 radical (unpaired) electrons. The van der Waals surface area contributed by atoms with E-state index in [4.69, 9.17) is 5.11 Å². The molecule has 0 fully saturated rings. The molecule has 0 aliphatic carbocycles. The summed E-state index contributed by atoms with van der Waals surface area (Å²) < 4.78 is 1.90. The van der Waals surface area contributed by atoms with E-state index in [0.717, 1.165) is 0 Å². The first-order valence-corrected chi connectivity index (χ1v) is 4.28. The lowest BCUT2D eigenvalue weighted by Crippen LogP contribution is -2.07. The monoisotopic (exact) mass is 182 g/mol. The molecule has 1 heterocycles. The maximum absolute atomic E-state index is 10.6. The van der Waals surface area contributed by atoms with Gasteiger partial charge in [0.15, 0.2) is 0 Å². The molecule has 4 nitrogen and oxygen atoms in total. The zero-order chi connectivity index (χ0) is 10.0. The Labute approximate surface area is 77.2 Å². The van der Waals surface area contributed by atoms with Gasteiger partial charge in [0.25, 0.3) is 0 Å². The first kappa shape index (κ1) is 9.77. The summed E-state index contributed by atoms with van der Waals surface area (Å²) in [6.07, 6.45) is 3.45. The van der Waals surface area contributed by atoms with E-state index in [0.29, 0.717) is 11.7 Å². The molecule has 1 unspecified atom stereocenters. The molecule has 1 aromatic rings. The lowest BCUT2D eigenvalue weighted by Gasteiger charge is -2.04. The molecule has 4 heteroatoms. The van der Waals surface area contributed by atoms with Crippen LogP contribution in [0.15, 0.2) is 12.5 Å². The van der Waals surface area contributed by atoms with Gasteiger partial charge in [-0.2, -0.15) is 0 Å². The average molecular weight is 182 g/mol. The molecule has 1 N–H and O–H groups in total. The molecule has 0 aromatic carbocycles. The van der Waals surface area contributed by atoms with E-state index >= 15 is 0 Å². The molecule has 1 rings (SSSR count). The SMILES string of the molecule is CC(C(=O)O)c1cn(C(C)C)cn1. The van der Waals surface area contributed by atoms with Gasteiger partial charge in [-0.15, -0.1) is 0 Å². The van der Waals surface area contributed by atoms with Crippen LogP contribution in [-0.4, -0.2) is 20.6 Å². The van der Waals surface area contributed by atoms with Gasteiger partial charge in [0.1, 0.15) is 0 Å². The Balaban J connectivity index is 2.85. The Hall–Kier alpha value is -1.32. The zero-order valence-electron chi connectivity index (χ0n) is 8.06. The summed E-state index contributed by atoms with van der Waals surface area (Å²) in [6, 6.07) is 0.322. The van der Waals surface area contributed by atoms with Gasteiger partial charge < -0.3 is 9.67 Å². The highest BCUT2D eigenvalue weighted by Crippen LogP contribution is 2.14. The number of carboxylic acid groups (broad SMARTS) is 1. The van der Waals surface area contributed by atoms with Crippen molar-refractivity contribution in [3.8, 4) is 0 Å². The van der Waals surface area contributed by atoms with E-state index in [1.807, 2.05) is 18.4 Å². The van der Waals surface area contributed by atoms with Crippen LogP contribution in [0.4, 0.5) is 0 Å². The van der Waals surface area contributed by atoms with Gasteiger partial charge in [0.2, 0.25) is 0 Å². The number of aliphatic carboxylic acids is 1. The summed E-state index contributed by atoms with van der Waals surface area (Å²) in [6.45, 7) is 5.68. The smallest absolute Gasteiger partial charge is 0.312 e. The zero-order valence-corrected chi connectivity index (χ0v) is 8.06. The van der Waals surface area contributed by atoms with Gasteiger partial charge in [-0.3, -0.25) is 4.79 Å². The standard InChI is InChI=1S/C9H14N2O2/c1-6(2)11-4-8(10-5-11)7(3)9(12)13/h4-7H,1-3H3,(H,12,13). The number of aromatic nitrogens is 2. The van der Waals surface area contributed by atoms with Crippen LogP contribution in [0, 0.1) is 0 Å². The number of carbonyl (C=O) groups is 1. The number of nitrogens with zero attached hydrogens (tertiary/aromatic N) is 2. The van der Waals surface area contributed by atoms with Crippen molar-refractivity contribution in [1.29, 1.82) is 0 Å². The second kappa shape index (κ2) is 3.60. The van der Waals surface area contributed by atoms with E-state index in [9.17, 15) is 4.79 Å². The van der Waals surface area contributed by atoms with Crippen LogP contribution in [-0.2, 0) is 4.79 Å². The Morgan fingerprint density at radius 1 is 1.54 bits per heavy atom. The second-order valence-corrected chi connectivity index (χ2v) is 3.40. The third-order valence-corrected chi connectivity index (χ3v) is 2.03. The fourth-order valence-electron chi connectivity index (χ4n) is 0.985. The maximum atomic E-state index is 10.6. The molecule has 1 aromatic heterocycles. The van der Waals surface area contributed by atoms with Gasteiger partial charge >= 0.3 is 5.97 Å². The fraction of sp³-hybridized carbons (Fsp3) is 0.556. The van der Waals surface area contributed by atoms with E-state index in [1.54, 1.807) is 19.4 Å². The summed E-state index contributed by atoms with van der Waals surface area (Å²) >= 11 is 0. The van der Waals surface area contributed by atoms with Gasteiger partial charge in [-0.05, 0) is 20.8 Å². The fourth-order valence-corrected chi connectivity index (χ4v) is 0.985. The van der Waals surface area contributed by atoms with Gasteiger partial charge in [-0.1, -0.05) is 0 Å². The Morgan fingerprint density at radius 2 is 2.15 bits per heavy atom. The first-order chi connectivity index (χ1) is 6.02. The van der Waals surface area contributed by atoms with Gasteiger partial charge in [0.05, 0.1) is 17.9 Å². The Bertz CT molecular complexity index is 304. The van der Waals surface area contributed by atoms with Crippen molar-refractivity contribution >= 4 is 5.97 Å². The summed E-state index contributed by atoms with van der Waals surface area (Å²) in [5.41, 5.74) is 0.612. The summed E-state index contributed by atoms with van der Waals surface area (Å²) in [4.78, 5) is 14.7. The quantitative estimate of drug-likeness (QED) is 0.773. The third-order valence-electron chi connectivity index (χ3n) is 2.03. The number of hydrogen-bond donors (Lipinski definition) is 1. The topological polar surface area (TPSA) is 55.1 Å². The van der Waals surface area contributed by atoms with E-state index in [2.05, 4.69) is 4.98 Å². The number of rotatable bonds is 3. The average Bonchev–Trinajstić information content (AvgIpc) is 2.50. The predicted octanol–water partition coefficient (Wildman–Crippen LogP) is 1.65. The van der Waals surface area contributed by atoms with Crippen LogP contribution in [0.3, 0.4) is 0 Å². The minimum absolute atomic E-state index is 0.322. The predicted molar refractivity (Wildman–Crippen MR) is 48.7 cm³/mol. The lowest BCUT2D eigenvalue weighted by molar-refractivity contribution is -0.138. The molecule has 1 atom stereocenters. The van der Waals surface area contributed by atoms with Crippen molar-refractivity contribution in [3.63, 3.8) is 0 Å². The highest BCUT2D eigenvalue weighted by atomic mass is 16.4. The number of hydrogen-bond acceptors (Lipinski definition) is 2. The minimum Gasteiger partial charge on any atom is -0.481 e. The summed E-state index contributed by atoms with van der Waals surface area (Å²) in [5.74, 6) is -1.37. The molecule has 0 amide bonds. The minimum atomic E-state index is -0.839. The van der Waals surface area contributed by atoms with Crippen LogP contribution < -0.4 is 0 Å². The molecule has 0 saturated heterocycles. The van der Waals surface area contributed by atoms with Crippen molar-refractivity contribution in [2.75, 3.05) is 0 Å². The first-order valence-electron chi connectivity index (χ1n) is 4.28.